The van der Waals surface area contributed by atoms with Gasteiger partial charge in [0.15, 0.2) is 11.6 Å². The van der Waals surface area contributed by atoms with Gasteiger partial charge in [0.25, 0.3) is 0 Å². The van der Waals surface area contributed by atoms with Crippen LogP contribution < -0.4 is 4.74 Å². The lowest BCUT2D eigenvalue weighted by atomic mass is 9.99. The second-order valence-corrected chi connectivity index (χ2v) is 10.3. The Hall–Kier alpha value is -3.83. The number of benzene rings is 4. The van der Waals surface area contributed by atoms with Gasteiger partial charge in [0.1, 0.15) is 0 Å². The van der Waals surface area contributed by atoms with Gasteiger partial charge in [-0.3, -0.25) is 4.79 Å². The molecule has 1 aromatic heterocycles. The maximum Gasteiger partial charge on any atom is 0.221 e. The van der Waals surface area contributed by atoms with E-state index >= 15 is 0 Å². The van der Waals surface area contributed by atoms with E-state index in [2.05, 4.69) is 48.5 Å². The molecule has 0 radical (unpaired) electrons. The predicted molar refractivity (Wildman–Crippen MR) is 150 cm³/mol. The molecule has 0 unspecified atom stereocenters. The first-order chi connectivity index (χ1) is 18.0. The third-order valence-electron chi connectivity index (χ3n) is 7.12. The van der Waals surface area contributed by atoms with Crippen LogP contribution in [0.5, 0.6) is 5.75 Å². The summed E-state index contributed by atoms with van der Waals surface area (Å²) in [6, 6.07) is 27.9. The molecule has 1 heterocycles. The minimum Gasteiger partial charge on any atom is -0.491 e. The van der Waals surface area contributed by atoms with Crippen LogP contribution in [0.1, 0.15) is 34.3 Å². The Kier molecular flexibility index (Phi) is 6.09. The Morgan fingerprint density at radius 2 is 1.57 bits per heavy atom. The molecule has 0 atom stereocenters. The summed E-state index contributed by atoms with van der Waals surface area (Å²) < 4.78 is 21.8. The fraction of sp³-hybridized carbons (Fsp3) is 0.156. The monoisotopic (exact) mass is 507 g/mol. The van der Waals surface area contributed by atoms with E-state index in [1.54, 1.807) is 6.07 Å². The van der Waals surface area contributed by atoms with Crippen molar-refractivity contribution in [3.8, 4) is 28.0 Å². The van der Waals surface area contributed by atoms with Crippen molar-refractivity contribution in [3.05, 3.63) is 114 Å². The first-order valence-electron chi connectivity index (χ1n) is 12.4. The number of thioether (sulfide) groups is 1. The molecule has 0 saturated carbocycles. The van der Waals surface area contributed by atoms with Crippen LogP contribution in [0.4, 0.5) is 4.39 Å². The quantitative estimate of drug-likeness (QED) is 0.233. The molecule has 1 aliphatic rings. The second kappa shape index (κ2) is 9.56. The minimum absolute atomic E-state index is 0.0440. The van der Waals surface area contributed by atoms with E-state index in [-0.39, 0.29) is 16.8 Å². The number of hydrogen-bond donors (Lipinski definition) is 0. The van der Waals surface area contributed by atoms with Gasteiger partial charge in [-0.1, -0.05) is 72.4 Å². The molecule has 4 aromatic carbocycles. The summed E-state index contributed by atoms with van der Waals surface area (Å²) in [6.45, 7) is 2.24. The first kappa shape index (κ1) is 23.6. The molecule has 3 nitrogen and oxygen atoms in total. The SMILES string of the molecule is CCOc1ccc(-c2ccc3c(c2)c(C(=O)SCC2c4ccccc4-c4ccccc42)cn3C)cc1F. The smallest absolute Gasteiger partial charge is 0.221 e. The van der Waals surface area contributed by atoms with E-state index in [0.717, 1.165) is 22.0 Å². The summed E-state index contributed by atoms with van der Waals surface area (Å²) in [5.41, 5.74) is 8.33. The van der Waals surface area contributed by atoms with Crippen LogP contribution in [0.15, 0.2) is 91.1 Å². The maximum atomic E-state index is 14.5. The average Bonchev–Trinajstić information content (AvgIpc) is 3.43. The zero-order valence-electron chi connectivity index (χ0n) is 20.7. The van der Waals surface area contributed by atoms with Gasteiger partial charge in [-0.15, -0.1) is 0 Å². The molecule has 0 N–H and O–H groups in total. The average molecular weight is 508 g/mol. The lowest BCUT2D eigenvalue weighted by molar-refractivity contribution is 0.109. The van der Waals surface area contributed by atoms with Crippen LogP contribution >= 0.6 is 11.8 Å². The zero-order chi connectivity index (χ0) is 25.5. The van der Waals surface area contributed by atoms with Crippen molar-refractivity contribution < 1.29 is 13.9 Å². The Morgan fingerprint density at radius 1 is 0.919 bits per heavy atom. The molecule has 184 valence electrons. The number of hydrogen-bond acceptors (Lipinski definition) is 3. The molecule has 0 saturated heterocycles. The molecule has 0 fully saturated rings. The third-order valence-corrected chi connectivity index (χ3v) is 8.10. The van der Waals surface area contributed by atoms with Gasteiger partial charge in [-0.25, -0.2) is 4.39 Å². The fourth-order valence-corrected chi connectivity index (χ4v) is 6.36. The molecule has 1 aliphatic carbocycles. The number of carbonyl (C=O) groups is 1. The standard InChI is InChI=1S/C32H26FNO2S/c1-3-36-31-15-13-21(17-29(31)33)20-12-14-30-26(16-20)27(18-34(30)2)32(35)37-19-28-24-10-6-4-8-22(24)23-9-5-7-11-25(23)28/h4-18,28H,3,19H2,1-2H3. The van der Waals surface area contributed by atoms with Crippen molar-refractivity contribution in [3.63, 3.8) is 0 Å². The highest BCUT2D eigenvalue weighted by Crippen LogP contribution is 2.46. The summed E-state index contributed by atoms with van der Waals surface area (Å²) in [4.78, 5) is 13.5. The topological polar surface area (TPSA) is 31.2 Å². The van der Waals surface area contributed by atoms with E-state index in [4.69, 9.17) is 4.74 Å². The molecule has 0 spiro atoms. The highest BCUT2D eigenvalue weighted by Gasteiger charge is 2.29. The molecular formula is C32H26FNO2S. The van der Waals surface area contributed by atoms with Crippen molar-refractivity contribution in [2.45, 2.75) is 12.8 Å². The van der Waals surface area contributed by atoms with Crippen LogP contribution in [-0.2, 0) is 7.05 Å². The highest BCUT2D eigenvalue weighted by atomic mass is 32.2. The zero-order valence-corrected chi connectivity index (χ0v) is 21.5. The lowest BCUT2D eigenvalue weighted by Crippen LogP contribution is -2.03. The summed E-state index contributed by atoms with van der Waals surface area (Å²) in [5.74, 6) is 0.706. The van der Waals surface area contributed by atoms with Crippen LogP contribution in [0.2, 0.25) is 0 Å². The van der Waals surface area contributed by atoms with Gasteiger partial charge in [-0.2, -0.15) is 0 Å². The van der Waals surface area contributed by atoms with Crippen LogP contribution in [0, 0.1) is 5.82 Å². The van der Waals surface area contributed by atoms with Crippen molar-refractivity contribution in [1.29, 1.82) is 0 Å². The number of ether oxygens (including phenoxy) is 1. The van der Waals surface area contributed by atoms with Crippen molar-refractivity contribution in [2.24, 2.45) is 7.05 Å². The molecular weight excluding hydrogens is 481 g/mol. The molecule has 5 aromatic rings. The van der Waals surface area contributed by atoms with Crippen molar-refractivity contribution in [2.75, 3.05) is 12.4 Å². The second-order valence-electron chi connectivity index (χ2n) is 9.29. The Balaban J connectivity index is 1.30. The van der Waals surface area contributed by atoms with E-state index in [0.29, 0.717) is 17.9 Å². The number of halogens is 1. The third kappa shape index (κ3) is 4.13. The number of nitrogens with zero attached hydrogens (tertiary/aromatic N) is 1. The van der Waals surface area contributed by atoms with E-state index in [1.807, 2.05) is 49.0 Å². The summed E-state index contributed by atoms with van der Waals surface area (Å²) in [7, 11) is 1.95. The van der Waals surface area contributed by atoms with E-state index < -0.39 is 5.82 Å². The van der Waals surface area contributed by atoms with Gasteiger partial charge >= 0.3 is 0 Å². The van der Waals surface area contributed by atoms with E-state index in [9.17, 15) is 9.18 Å². The normalized spacial score (nSPS) is 12.5. The van der Waals surface area contributed by atoms with E-state index in [1.165, 1.54) is 40.1 Å². The van der Waals surface area contributed by atoms with Crippen LogP contribution in [-0.4, -0.2) is 22.0 Å². The molecule has 5 heteroatoms. The summed E-state index contributed by atoms with van der Waals surface area (Å²) >= 11 is 1.36. The lowest BCUT2D eigenvalue weighted by Gasteiger charge is -2.12. The van der Waals surface area contributed by atoms with Gasteiger partial charge < -0.3 is 9.30 Å². The van der Waals surface area contributed by atoms with Crippen LogP contribution in [0.3, 0.4) is 0 Å². The fourth-order valence-electron chi connectivity index (χ4n) is 5.36. The Bertz CT molecular complexity index is 1610. The molecule has 37 heavy (non-hydrogen) atoms. The largest absolute Gasteiger partial charge is 0.491 e. The molecule has 6 rings (SSSR count). The predicted octanol–water partition coefficient (Wildman–Crippen LogP) is 8.07. The number of aryl methyl sites for hydroxylation is 1. The Labute approximate surface area is 219 Å². The maximum absolute atomic E-state index is 14.5. The number of fused-ring (bicyclic) bond motifs is 4. The van der Waals surface area contributed by atoms with Crippen LogP contribution in [0.25, 0.3) is 33.2 Å². The Morgan fingerprint density at radius 3 is 2.24 bits per heavy atom. The molecule has 0 bridgehead atoms. The number of rotatable bonds is 6. The molecule has 0 aliphatic heterocycles. The molecule has 0 amide bonds. The van der Waals surface area contributed by atoms with Gasteiger partial charge in [0, 0.05) is 35.8 Å². The highest BCUT2D eigenvalue weighted by molar-refractivity contribution is 8.14. The van der Waals surface area contributed by atoms with Gasteiger partial charge in [-0.05, 0) is 64.6 Å². The summed E-state index contributed by atoms with van der Waals surface area (Å²) in [5, 5.41) is 0.918. The van der Waals surface area contributed by atoms with Gasteiger partial charge in [0.05, 0.1) is 12.2 Å². The van der Waals surface area contributed by atoms with Gasteiger partial charge in [0.2, 0.25) is 5.12 Å². The summed E-state index contributed by atoms with van der Waals surface area (Å²) in [6.07, 6.45) is 1.90. The number of carbonyl (C=O) groups excluding carboxylic acids is 1. The van der Waals surface area contributed by atoms with Crippen molar-refractivity contribution >= 4 is 27.8 Å². The number of aromatic nitrogens is 1. The van der Waals surface area contributed by atoms with Crippen molar-refractivity contribution in [1.82, 2.24) is 4.57 Å². The minimum atomic E-state index is -0.392. The first-order valence-corrected chi connectivity index (χ1v) is 13.4.